The Labute approximate surface area is 196 Å². The van der Waals surface area contributed by atoms with E-state index in [-0.39, 0.29) is 5.91 Å². The van der Waals surface area contributed by atoms with Gasteiger partial charge in [0.05, 0.1) is 11.2 Å². The van der Waals surface area contributed by atoms with Crippen molar-refractivity contribution in [3.63, 3.8) is 0 Å². The second-order valence-corrected chi connectivity index (χ2v) is 7.91. The van der Waals surface area contributed by atoms with Crippen LogP contribution < -0.4 is 10.1 Å². The summed E-state index contributed by atoms with van der Waals surface area (Å²) >= 11 is 0. The maximum absolute atomic E-state index is 12.6. The Hall–Kier alpha value is -4.59. The van der Waals surface area contributed by atoms with Crippen LogP contribution in [0.3, 0.4) is 0 Å². The molecule has 0 aliphatic carbocycles. The number of hydrogen-bond donors (Lipinski definition) is 1. The van der Waals surface area contributed by atoms with E-state index < -0.39 is 0 Å². The van der Waals surface area contributed by atoms with Gasteiger partial charge in [-0.15, -0.1) is 10.2 Å². The van der Waals surface area contributed by atoms with E-state index in [1.165, 1.54) is 0 Å². The van der Waals surface area contributed by atoms with Gasteiger partial charge in [-0.1, -0.05) is 24.3 Å². The van der Waals surface area contributed by atoms with Crippen LogP contribution in [0.2, 0.25) is 0 Å². The average Bonchev–Trinajstić information content (AvgIpc) is 3.12. The number of rotatable bonds is 5. The first-order valence-corrected chi connectivity index (χ1v) is 10.8. The van der Waals surface area contributed by atoms with E-state index in [1.807, 2.05) is 57.2 Å². The smallest absolute Gasteiger partial charge is 0.274 e. The molecule has 34 heavy (non-hydrogen) atoms. The third-order valence-corrected chi connectivity index (χ3v) is 5.66. The Kier molecular flexibility index (Phi) is 5.47. The standard InChI is InChI=1S/C26H22N6O2/c1-16-17(2)31-32(18(16)3)24-14-15-25(30-29-24)34-21-11-9-20(10-12-21)27-26(33)23-13-8-19-6-4-5-7-22(19)28-23/h4-15H,1-3H3,(H,27,33). The van der Waals surface area contributed by atoms with Crippen LogP contribution in [-0.2, 0) is 0 Å². The molecular formula is C26H22N6O2. The molecule has 3 heterocycles. The maximum atomic E-state index is 12.6. The SMILES string of the molecule is Cc1nn(-c2ccc(Oc3ccc(NC(=O)c4ccc5ccccc5n4)cc3)nn2)c(C)c1C. The van der Waals surface area contributed by atoms with Crippen LogP contribution in [0.4, 0.5) is 5.69 Å². The largest absolute Gasteiger partial charge is 0.438 e. The van der Waals surface area contributed by atoms with Gasteiger partial charge in [-0.25, -0.2) is 9.67 Å². The van der Waals surface area contributed by atoms with Crippen LogP contribution in [0.1, 0.15) is 27.4 Å². The number of ether oxygens (including phenoxy) is 1. The van der Waals surface area contributed by atoms with Gasteiger partial charge in [0, 0.05) is 22.8 Å². The number of fused-ring (bicyclic) bond motifs is 1. The Balaban J connectivity index is 1.25. The predicted molar refractivity (Wildman–Crippen MR) is 130 cm³/mol. The van der Waals surface area contributed by atoms with Crippen molar-refractivity contribution in [2.75, 3.05) is 5.32 Å². The quantitative estimate of drug-likeness (QED) is 0.396. The molecule has 8 nitrogen and oxygen atoms in total. The first kappa shape index (κ1) is 21.3. The summed E-state index contributed by atoms with van der Waals surface area (Å²) in [5.41, 5.74) is 4.88. The molecule has 1 N–H and O–H groups in total. The minimum absolute atomic E-state index is 0.278. The average molecular weight is 451 g/mol. The summed E-state index contributed by atoms with van der Waals surface area (Å²) in [7, 11) is 0. The van der Waals surface area contributed by atoms with Crippen LogP contribution in [0.5, 0.6) is 11.6 Å². The summed E-state index contributed by atoms with van der Waals surface area (Å²) in [5, 5.41) is 16.7. The molecule has 5 rings (SSSR count). The van der Waals surface area contributed by atoms with Crippen molar-refractivity contribution in [3.8, 4) is 17.4 Å². The molecule has 0 aliphatic rings. The first-order chi connectivity index (χ1) is 16.5. The van der Waals surface area contributed by atoms with Gasteiger partial charge in [-0.05, 0) is 68.8 Å². The van der Waals surface area contributed by atoms with Crippen molar-refractivity contribution in [2.45, 2.75) is 20.8 Å². The molecule has 3 aromatic heterocycles. The highest BCUT2D eigenvalue weighted by Gasteiger charge is 2.12. The van der Waals surface area contributed by atoms with Crippen molar-refractivity contribution in [1.29, 1.82) is 0 Å². The zero-order chi connectivity index (χ0) is 23.7. The van der Waals surface area contributed by atoms with Gasteiger partial charge < -0.3 is 10.1 Å². The number of carbonyl (C=O) groups excluding carboxylic acids is 1. The van der Waals surface area contributed by atoms with Crippen molar-refractivity contribution in [3.05, 3.63) is 95.4 Å². The van der Waals surface area contributed by atoms with E-state index in [4.69, 9.17) is 4.74 Å². The lowest BCUT2D eigenvalue weighted by molar-refractivity contribution is 0.102. The molecule has 0 radical (unpaired) electrons. The van der Waals surface area contributed by atoms with E-state index in [0.717, 1.165) is 27.9 Å². The topological polar surface area (TPSA) is 94.8 Å². The summed E-state index contributed by atoms with van der Waals surface area (Å²) in [6.45, 7) is 6.00. The number of para-hydroxylation sites is 1. The number of nitrogens with zero attached hydrogens (tertiary/aromatic N) is 5. The fraction of sp³-hybridized carbons (Fsp3) is 0.115. The van der Waals surface area contributed by atoms with Gasteiger partial charge in [-0.2, -0.15) is 5.10 Å². The fourth-order valence-corrected chi connectivity index (χ4v) is 3.54. The molecule has 0 aliphatic heterocycles. The molecule has 0 unspecified atom stereocenters. The van der Waals surface area contributed by atoms with E-state index in [0.29, 0.717) is 28.8 Å². The number of nitrogens with one attached hydrogen (secondary N) is 1. The van der Waals surface area contributed by atoms with E-state index in [1.54, 1.807) is 41.1 Å². The number of benzene rings is 2. The number of anilines is 1. The molecule has 0 bridgehead atoms. The lowest BCUT2D eigenvalue weighted by Gasteiger charge is -2.08. The summed E-state index contributed by atoms with van der Waals surface area (Å²) < 4.78 is 7.56. The van der Waals surface area contributed by atoms with Crippen molar-refractivity contribution < 1.29 is 9.53 Å². The summed E-state index contributed by atoms with van der Waals surface area (Å²) in [6, 6.07) is 21.9. The van der Waals surface area contributed by atoms with Crippen LogP contribution in [-0.4, -0.2) is 30.9 Å². The van der Waals surface area contributed by atoms with Gasteiger partial charge in [0.1, 0.15) is 11.4 Å². The molecule has 0 atom stereocenters. The second kappa shape index (κ2) is 8.74. The highest BCUT2D eigenvalue weighted by molar-refractivity contribution is 6.04. The van der Waals surface area contributed by atoms with E-state index in [9.17, 15) is 4.79 Å². The van der Waals surface area contributed by atoms with Gasteiger partial charge >= 0.3 is 0 Å². The van der Waals surface area contributed by atoms with Crippen LogP contribution >= 0.6 is 0 Å². The summed E-state index contributed by atoms with van der Waals surface area (Å²) in [5.74, 6) is 1.28. The van der Waals surface area contributed by atoms with Crippen LogP contribution in [0, 0.1) is 20.8 Å². The normalized spacial score (nSPS) is 10.9. The van der Waals surface area contributed by atoms with Crippen LogP contribution in [0.15, 0.2) is 72.8 Å². The van der Waals surface area contributed by atoms with Gasteiger partial charge in [0.2, 0.25) is 5.88 Å². The van der Waals surface area contributed by atoms with Crippen molar-refractivity contribution in [2.24, 2.45) is 0 Å². The zero-order valence-corrected chi connectivity index (χ0v) is 19.0. The summed E-state index contributed by atoms with van der Waals surface area (Å²) in [4.78, 5) is 17.0. The Bertz CT molecular complexity index is 1490. The molecule has 0 spiro atoms. The lowest BCUT2D eigenvalue weighted by atomic mass is 10.2. The molecule has 1 amide bonds. The van der Waals surface area contributed by atoms with Gasteiger partial charge in [0.15, 0.2) is 5.82 Å². The predicted octanol–water partition coefficient (Wildman–Crippen LogP) is 5.18. The second-order valence-electron chi connectivity index (χ2n) is 7.91. The molecule has 0 saturated heterocycles. The number of carbonyl (C=O) groups is 1. The van der Waals surface area contributed by atoms with E-state index >= 15 is 0 Å². The van der Waals surface area contributed by atoms with Crippen LogP contribution in [0.25, 0.3) is 16.7 Å². The molecule has 168 valence electrons. The molecule has 0 saturated carbocycles. The highest BCUT2D eigenvalue weighted by Crippen LogP contribution is 2.23. The van der Waals surface area contributed by atoms with Crippen molar-refractivity contribution >= 4 is 22.5 Å². The monoisotopic (exact) mass is 450 g/mol. The highest BCUT2D eigenvalue weighted by atomic mass is 16.5. The number of hydrogen-bond acceptors (Lipinski definition) is 6. The molecular weight excluding hydrogens is 428 g/mol. The van der Waals surface area contributed by atoms with E-state index in [2.05, 4.69) is 25.6 Å². The number of aromatic nitrogens is 5. The molecule has 2 aromatic carbocycles. The first-order valence-electron chi connectivity index (χ1n) is 10.8. The van der Waals surface area contributed by atoms with Crippen molar-refractivity contribution in [1.82, 2.24) is 25.0 Å². The number of pyridine rings is 1. The summed E-state index contributed by atoms with van der Waals surface area (Å²) in [6.07, 6.45) is 0. The Morgan fingerprint density at radius 3 is 2.38 bits per heavy atom. The molecule has 0 fully saturated rings. The molecule has 5 aromatic rings. The third-order valence-electron chi connectivity index (χ3n) is 5.66. The van der Waals surface area contributed by atoms with Gasteiger partial charge in [-0.3, -0.25) is 4.79 Å². The maximum Gasteiger partial charge on any atom is 0.274 e. The minimum Gasteiger partial charge on any atom is -0.438 e. The number of amides is 1. The zero-order valence-electron chi connectivity index (χ0n) is 19.0. The minimum atomic E-state index is -0.278. The van der Waals surface area contributed by atoms with Gasteiger partial charge in [0.25, 0.3) is 5.91 Å². The molecule has 8 heteroatoms. The fourth-order valence-electron chi connectivity index (χ4n) is 3.54. The Morgan fingerprint density at radius 2 is 1.68 bits per heavy atom. The third kappa shape index (κ3) is 4.21. The number of aryl methyl sites for hydroxylation is 1. The lowest BCUT2D eigenvalue weighted by Crippen LogP contribution is -2.13. The Morgan fingerprint density at radius 1 is 0.882 bits per heavy atom.